The number of hydrogen-bond acceptors (Lipinski definition) is 6. The van der Waals surface area contributed by atoms with Gasteiger partial charge < -0.3 is 16.0 Å². The summed E-state index contributed by atoms with van der Waals surface area (Å²) in [5.41, 5.74) is 6.86. The zero-order valence-corrected chi connectivity index (χ0v) is 15.5. The van der Waals surface area contributed by atoms with E-state index < -0.39 is 15.9 Å². The summed E-state index contributed by atoms with van der Waals surface area (Å²) >= 11 is 1.76. The van der Waals surface area contributed by atoms with E-state index in [1.165, 1.54) is 6.26 Å². The summed E-state index contributed by atoms with van der Waals surface area (Å²) in [5, 5.41) is 3.25. The van der Waals surface area contributed by atoms with Crippen LogP contribution in [-0.2, 0) is 14.6 Å². The van der Waals surface area contributed by atoms with Crippen molar-refractivity contribution in [2.24, 2.45) is 5.73 Å². The molecule has 2 rings (SSSR count). The molecule has 1 aliphatic rings. The van der Waals surface area contributed by atoms with Gasteiger partial charge in [-0.15, -0.1) is 11.8 Å². The predicted molar refractivity (Wildman–Crippen MR) is 98.9 cm³/mol. The lowest BCUT2D eigenvalue weighted by atomic mass is 10.1. The van der Waals surface area contributed by atoms with E-state index in [-0.39, 0.29) is 5.91 Å². The van der Waals surface area contributed by atoms with E-state index in [1.807, 2.05) is 4.90 Å². The van der Waals surface area contributed by atoms with Crippen molar-refractivity contribution >= 4 is 33.2 Å². The third kappa shape index (κ3) is 5.68. The van der Waals surface area contributed by atoms with Crippen LogP contribution in [0.15, 0.2) is 29.2 Å². The molecule has 1 heterocycles. The molecule has 1 aromatic carbocycles. The molecular formula is C16H25N3O3S2. The number of nitrogens with zero attached hydrogens (tertiary/aromatic N) is 1. The van der Waals surface area contributed by atoms with Crippen LogP contribution >= 0.6 is 11.8 Å². The zero-order valence-electron chi connectivity index (χ0n) is 13.9. The second-order valence-electron chi connectivity index (χ2n) is 5.96. The maximum Gasteiger partial charge on any atom is 0.240 e. The first kappa shape index (κ1) is 19.1. The Hall–Kier alpha value is -1.25. The Labute approximate surface area is 148 Å². The first-order valence-electron chi connectivity index (χ1n) is 8.04. The van der Waals surface area contributed by atoms with Crippen molar-refractivity contribution in [3.8, 4) is 0 Å². The molecule has 1 aliphatic heterocycles. The van der Waals surface area contributed by atoms with Crippen molar-refractivity contribution in [3.05, 3.63) is 24.3 Å². The molecule has 24 heavy (non-hydrogen) atoms. The fourth-order valence-corrected chi connectivity index (χ4v) is 4.07. The van der Waals surface area contributed by atoms with E-state index in [9.17, 15) is 13.2 Å². The molecule has 0 aliphatic carbocycles. The molecule has 1 aromatic rings. The van der Waals surface area contributed by atoms with Crippen LogP contribution in [-0.4, -0.2) is 56.2 Å². The minimum atomic E-state index is -3.15. The van der Waals surface area contributed by atoms with E-state index in [0.29, 0.717) is 11.3 Å². The summed E-state index contributed by atoms with van der Waals surface area (Å²) in [4.78, 5) is 14.2. The lowest BCUT2D eigenvalue weighted by molar-refractivity contribution is -0.131. The second kappa shape index (κ2) is 8.73. The first-order valence-corrected chi connectivity index (χ1v) is 11.1. The van der Waals surface area contributed by atoms with Crippen LogP contribution in [0.3, 0.4) is 0 Å². The molecule has 1 saturated heterocycles. The predicted octanol–water partition coefficient (Wildman–Crippen LogP) is 1.53. The molecule has 6 nitrogen and oxygen atoms in total. The van der Waals surface area contributed by atoms with Gasteiger partial charge in [-0.2, -0.15) is 0 Å². The summed E-state index contributed by atoms with van der Waals surface area (Å²) in [6.45, 7) is 1.57. The number of carbonyl (C=O) groups excluding carboxylic acids is 1. The van der Waals surface area contributed by atoms with Gasteiger partial charge in [-0.25, -0.2) is 8.42 Å². The monoisotopic (exact) mass is 371 g/mol. The molecule has 1 atom stereocenters. The van der Waals surface area contributed by atoms with Crippen LogP contribution in [0.4, 0.5) is 5.69 Å². The van der Waals surface area contributed by atoms with E-state index >= 15 is 0 Å². The Balaban J connectivity index is 1.65. The fourth-order valence-electron chi connectivity index (χ4n) is 2.49. The smallest absolute Gasteiger partial charge is 0.240 e. The fraction of sp³-hybridized carbons (Fsp3) is 0.562. The third-order valence-corrected chi connectivity index (χ3v) is 6.03. The topological polar surface area (TPSA) is 92.5 Å². The van der Waals surface area contributed by atoms with E-state index in [0.717, 1.165) is 43.2 Å². The van der Waals surface area contributed by atoms with Crippen molar-refractivity contribution in [2.75, 3.05) is 36.3 Å². The summed E-state index contributed by atoms with van der Waals surface area (Å²) < 4.78 is 22.8. The Morgan fingerprint density at radius 2 is 2.04 bits per heavy atom. The van der Waals surface area contributed by atoms with Gasteiger partial charge in [0.1, 0.15) is 0 Å². The molecule has 0 unspecified atom stereocenters. The Kier molecular flexibility index (Phi) is 6.94. The van der Waals surface area contributed by atoms with Gasteiger partial charge in [0.2, 0.25) is 5.91 Å². The van der Waals surface area contributed by atoms with Gasteiger partial charge in [-0.1, -0.05) is 0 Å². The van der Waals surface area contributed by atoms with E-state index in [2.05, 4.69) is 5.32 Å². The minimum absolute atomic E-state index is 0.0596. The highest BCUT2D eigenvalue weighted by atomic mass is 32.2. The summed E-state index contributed by atoms with van der Waals surface area (Å²) in [5.74, 6) is 1.82. The number of thioether (sulfide) groups is 1. The van der Waals surface area contributed by atoms with Crippen molar-refractivity contribution < 1.29 is 13.2 Å². The van der Waals surface area contributed by atoms with Crippen LogP contribution in [0.5, 0.6) is 0 Å². The van der Waals surface area contributed by atoms with Gasteiger partial charge in [0.05, 0.1) is 16.8 Å². The van der Waals surface area contributed by atoms with Crippen LogP contribution < -0.4 is 11.1 Å². The number of sulfone groups is 1. The average Bonchev–Trinajstić information content (AvgIpc) is 3.07. The van der Waals surface area contributed by atoms with Crippen molar-refractivity contribution in [1.29, 1.82) is 0 Å². The van der Waals surface area contributed by atoms with Crippen LogP contribution in [0.2, 0.25) is 0 Å². The third-order valence-electron chi connectivity index (χ3n) is 3.94. The number of amides is 1. The SMILES string of the molecule is CS(=O)(=O)c1ccc(NCCCC[C@H](N)C(=O)N2CCSC2)cc1. The van der Waals surface area contributed by atoms with Crippen LogP contribution in [0, 0.1) is 0 Å². The van der Waals surface area contributed by atoms with Gasteiger partial charge in [0.15, 0.2) is 9.84 Å². The van der Waals surface area contributed by atoms with Crippen LogP contribution in [0.25, 0.3) is 0 Å². The number of nitrogens with one attached hydrogen (secondary N) is 1. The molecule has 0 radical (unpaired) electrons. The summed E-state index contributed by atoms with van der Waals surface area (Å²) in [6.07, 6.45) is 3.67. The van der Waals surface area contributed by atoms with Gasteiger partial charge in [-0.05, 0) is 43.5 Å². The second-order valence-corrected chi connectivity index (χ2v) is 9.06. The van der Waals surface area contributed by atoms with Crippen molar-refractivity contribution in [1.82, 2.24) is 4.90 Å². The summed E-state index contributed by atoms with van der Waals surface area (Å²) in [6, 6.07) is 6.31. The number of hydrogen-bond donors (Lipinski definition) is 2. The first-order chi connectivity index (χ1) is 11.4. The zero-order chi connectivity index (χ0) is 17.6. The Morgan fingerprint density at radius 3 is 2.62 bits per heavy atom. The van der Waals surface area contributed by atoms with Gasteiger partial charge >= 0.3 is 0 Å². The quantitative estimate of drug-likeness (QED) is 0.673. The van der Waals surface area contributed by atoms with Crippen molar-refractivity contribution in [3.63, 3.8) is 0 Å². The lowest BCUT2D eigenvalue weighted by Crippen LogP contribution is -2.42. The molecule has 134 valence electrons. The highest BCUT2D eigenvalue weighted by Crippen LogP contribution is 2.16. The molecule has 0 saturated carbocycles. The molecule has 1 amide bonds. The van der Waals surface area contributed by atoms with Gasteiger partial charge in [0, 0.05) is 30.8 Å². The van der Waals surface area contributed by atoms with Gasteiger partial charge in [-0.3, -0.25) is 4.79 Å². The van der Waals surface area contributed by atoms with E-state index in [4.69, 9.17) is 5.73 Å². The molecule has 0 bridgehead atoms. The molecule has 0 spiro atoms. The largest absolute Gasteiger partial charge is 0.385 e. The average molecular weight is 372 g/mol. The number of anilines is 1. The molecule has 1 fully saturated rings. The number of nitrogens with two attached hydrogens (primary N) is 1. The number of benzene rings is 1. The highest BCUT2D eigenvalue weighted by Gasteiger charge is 2.23. The van der Waals surface area contributed by atoms with E-state index in [1.54, 1.807) is 36.0 Å². The molecule has 0 aromatic heterocycles. The minimum Gasteiger partial charge on any atom is -0.385 e. The van der Waals surface area contributed by atoms with Gasteiger partial charge in [0.25, 0.3) is 0 Å². The van der Waals surface area contributed by atoms with Crippen molar-refractivity contribution in [2.45, 2.75) is 30.2 Å². The highest BCUT2D eigenvalue weighted by molar-refractivity contribution is 7.99. The summed E-state index contributed by atoms with van der Waals surface area (Å²) in [7, 11) is -3.15. The normalized spacial score (nSPS) is 16.2. The maximum absolute atomic E-state index is 12.1. The maximum atomic E-state index is 12.1. The molecule has 3 N–H and O–H groups in total. The molecule has 8 heteroatoms. The Bertz CT molecular complexity index is 641. The Morgan fingerprint density at radius 1 is 1.33 bits per heavy atom. The van der Waals surface area contributed by atoms with Crippen LogP contribution in [0.1, 0.15) is 19.3 Å². The lowest BCUT2D eigenvalue weighted by Gasteiger charge is -2.19. The number of rotatable bonds is 8. The number of unbranched alkanes of at least 4 members (excludes halogenated alkanes) is 1. The molecular weight excluding hydrogens is 346 g/mol. The number of carbonyl (C=O) groups is 1. The standard InChI is InChI=1S/C16H25N3O3S2/c1-24(21,22)14-7-5-13(6-8-14)18-9-3-2-4-15(17)16(20)19-10-11-23-12-19/h5-8,15,18H,2-4,9-12,17H2,1H3/t15-/m0/s1.